The minimum absolute atomic E-state index is 0.116. The number of ketones is 1. The number of fused-ring (bicyclic) bond motifs is 4. The topological polar surface area (TPSA) is 113 Å². The highest BCUT2D eigenvalue weighted by Crippen LogP contribution is 2.29. The van der Waals surface area contributed by atoms with Crippen molar-refractivity contribution < 1.29 is 17.6 Å². The summed E-state index contributed by atoms with van der Waals surface area (Å²) in [7, 11) is -3.60. The van der Waals surface area contributed by atoms with Crippen molar-refractivity contribution in [1.29, 1.82) is 0 Å². The Hall–Kier alpha value is -4.15. The van der Waals surface area contributed by atoms with Crippen molar-refractivity contribution in [1.82, 2.24) is 14.7 Å². The molecule has 4 bridgehead atoms. The number of halogens is 1. The van der Waals surface area contributed by atoms with Crippen LogP contribution < -0.4 is 15.4 Å². The Kier molecular flexibility index (Phi) is 7.94. The van der Waals surface area contributed by atoms with Gasteiger partial charge < -0.3 is 10.6 Å². The molecule has 1 aliphatic heterocycles. The van der Waals surface area contributed by atoms with Gasteiger partial charge >= 0.3 is 0 Å². The van der Waals surface area contributed by atoms with Crippen molar-refractivity contribution in [3.05, 3.63) is 95.9 Å². The zero-order valence-corrected chi connectivity index (χ0v) is 22.0. The van der Waals surface area contributed by atoms with Gasteiger partial charge in [0.1, 0.15) is 11.6 Å². The van der Waals surface area contributed by atoms with Crippen molar-refractivity contribution in [2.75, 3.05) is 23.7 Å². The third-order valence-corrected chi connectivity index (χ3v) is 7.92. The monoisotopic (exact) mass is 545 g/mol. The van der Waals surface area contributed by atoms with Crippen LogP contribution in [-0.2, 0) is 16.4 Å². The van der Waals surface area contributed by atoms with Gasteiger partial charge in [0.25, 0.3) is 0 Å². The maximum Gasteiger partial charge on any atom is 0.240 e. The lowest BCUT2D eigenvalue weighted by Gasteiger charge is -2.15. The number of hydrogen-bond donors (Lipinski definition) is 3. The molecule has 0 unspecified atom stereocenters. The van der Waals surface area contributed by atoms with Gasteiger partial charge in [-0.05, 0) is 60.7 Å². The molecule has 8 nitrogen and oxygen atoms in total. The molecule has 0 aliphatic carbocycles. The third kappa shape index (κ3) is 6.47. The zero-order chi connectivity index (χ0) is 27.2. The van der Waals surface area contributed by atoms with Crippen molar-refractivity contribution in [3.63, 3.8) is 0 Å². The first-order chi connectivity index (χ1) is 18.9. The fraction of sp³-hybridized carbons (Fsp3) is 0.207. The van der Waals surface area contributed by atoms with Crippen LogP contribution in [0.15, 0.2) is 83.9 Å². The van der Waals surface area contributed by atoms with E-state index in [4.69, 9.17) is 0 Å². The Balaban J connectivity index is 1.35. The Morgan fingerprint density at radius 3 is 2.56 bits per heavy atom. The van der Waals surface area contributed by atoms with Crippen molar-refractivity contribution >= 4 is 33.3 Å². The first-order valence-electron chi connectivity index (χ1n) is 12.7. The van der Waals surface area contributed by atoms with Crippen LogP contribution in [0.25, 0.3) is 11.1 Å². The molecule has 5 rings (SSSR count). The molecule has 1 aliphatic rings. The predicted molar refractivity (Wildman–Crippen MR) is 149 cm³/mol. The average molecular weight is 546 g/mol. The molecule has 10 heteroatoms. The van der Waals surface area contributed by atoms with Gasteiger partial charge in [-0.2, -0.15) is 4.98 Å². The van der Waals surface area contributed by atoms with Gasteiger partial charge in [0.2, 0.25) is 16.0 Å². The Labute approximate surface area is 226 Å². The van der Waals surface area contributed by atoms with E-state index in [0.29, 0.717) is 43.4 Å². The van der Waals surface area contributed by atoms with E-state index in [1.54, 1.807) is 42.6 Å². The third-order valence-electron chi connectivity index (χ3n) is 6.46. The van der Waals surface area contributed by atoms with Crippen LogP contribution in [0, 0.1) is 5.82 Å². The number of nitrogens with zero attached hydrogens (tertiary/aromatic N) is 2. The molecule has 0 radical (unpaired) electrons. The number of benzene rings is 3. The maximum atomic E-state index is 13.9. The van der Waals surface area contributed by atoms with Gasteiger partial charge in [0.15, 0.2) is 5.78 Å². The lowest BCUT2D eigenvalue weighted by atomic mass is 10.00. The number of carbonyl (C=O) groups excluding carboxylic acids is 1. The fourth-order valence-electron chi connectivity index (χ4n) is 4.34. The summed E-state index contributed by atoms with van der Waals surface area (Å²) in [5, 5.41) is 6.46. The smallest absolute Gasteiger partial charge is 0.240 e. The molecule has 0 saturated heterocycles. The second-order valence-electron chi connectivity index (χ2n) is 9.24. The number of rotatable bonds is 5. The van der Waals surface area contributed by atoms with E-state index in [-0.39, 0.29) is 22.7 Å². The summed E-state index contributed by atoms with van der Waals surface area (Å²) in [6.07, 6.45) is 3.85. The molecule has 4 aromatic rings. The van der Waals surface area contributed by atoms with Gasteiger partial charge in [0, 0.05) is 37.0 Å². The minimum atomic E-state index is -3.60. The molecule has 39 heavy (non-hydrogen) atoms. The number of aromatic nitrogens is 2. The Morgan fingerprint density at radius 2 is 1.74 bits per heavy atom. The molecular weight excluding hydrogens is 517 g/mol. The highest BCUT2D eigenvalue weighted by atomic mass is 32.2. The highest BCUT2D eigenvalue weighted by Gasteiger charge is 2.16. The first kappa shape index (κ1) is 26.5. The summed E-state index contributed by atoms with van der Waals surface area (Å²) < 4.78 is 41.7. The van der Waals surface area contributed by atoms with Gasteiger partial charge in [0.05, 0.1) is 10.5 Å². The van der Waals surface area contributed by atoms with Crippen molar-refractivity contribution in [3.8, 4) is 11.1 Å². The summed E-state index contributed by atoms with van der Waals surface area (Å²) in [5.74, 6) is 0.271. The van der Waals surface area contributed by atoms with E-state index in [2.05, 4.69) is 25.3 Å². The van der Waals surface area contributed by atoms with Gasteiger partial charge in [-0.25, -0.2) is 22.5 Å². The lowest BCUT2D eigenvalue weighted by Crippen LogP contribution is -2.25. The number of carbonyl (C=O) groups is 1. The standard InChI is InChI=1S/C29H28FN5O3S/c30-26-9-2-1-8-24(26)27(36)15-12-20-10-13-21(14-11-20)25-19-32-29-34-22-6-5-7-23(18-22)39(37,38)33-17-4-3-16-31-28(25)35-29/h1-2,5-11,13-14,18-19,33H,3-4,12,15-17H2,(H2,31,32,34,35). The minimum Gasteiger partial charge on any atom is -0.369 e. The van der Waals surface area contributed by atoms with Crippen LogP contribution in [-0.4, -0.2) is 37.3 Å². The Bertz CT molecular complexity index is 1590. The average Bonchev–Trinajstić information content (AvgIpc) is 2.94. The van der Waals surface area contributed by atoms with E-state index in [1.165, 1.54) is 12.1 Å². The molecule has 3 N–H and O–H groups in total. The van der Waals surface area contributed by atoms with Crippen LogP contribution >= 0.6 is 0 Å². The van der Waals surface area contributed by atoms with Gasteiger partial charge in [-0.3, -0.25) is 4.79 Å². The van der Waals surface area contributed by atoms with Crippen LogP contribution in [0.5, 0.6) is 0 Å². The van der Waals surface area contributed by atoms with E-state index in [1.807, 2.05) is 24.3 Å². The maximum absolute atomic E-state index is 13.9. The van der Waals surface area contributed by atoms with Crippen LogP contribution in [0.3, 0.4) is 0 Å². The van der Waals surface area contributed by atoms with Gasteiger partial charge in [-0.15, -0.1) is 0 Å². The first-order valence-corrected chi connectivity index (χ1v) is 14.2. The molecule has 200 valence electrons. The molecule has 0 amide bonds. The molecule has 1 aromatic heterocycles. The molecule has 2 heterocycles. The lowest BCUT2D eigenvalue weighted by molar-refractivity contribution is 0.0979. The summed E-state index contributed by atoms with van der Waals surface area (Å²) >= 11 is 0. The highest BCUT2D eigenvalue weighted by molar-refractivity contribution is 7.89. The molecule has 0 atom stereocenters. The summed E-state index contributed by atoms with van der Waals surface area (Å²) in [4.78, 5) is 21.7. The fourth-order valence-corrected chi connectivity index (χ4v) is 5.46. The normalized spacial score (nSPS) is 14.9. The molecule has 0 spiro atoms. The van der Waals surface area contributed by atoms with Gasteiger partial charge in [-0.1, -0.05) is 42.5 Å². The van der Waals surface area contributed by atoms with Crippen LogP contribution in [0.4, 0.5) is 21.8 Å². The summed E-state index contributed by atoms with van der Waals surface area (Å²) in [6.45, 7) is 0.942. The van der Waals surface area contributed by atoms with E-state index in [0.717, 1.165) is 23.1 Å². The predicted octanol–water partition coefficient (Wildman–Crippen LogP) is 5.33. The molecule has 3 aromatic carbocycles. The van der Waals surface area contributed by atoms with E-state index >= 15 is 0 Å². The SMILES string of the molecule is O=C(CCc1ccc(-c2cnc3nc2NCCCCNS(=O)(=O)c2cccc(c2)N3)cc1)c1ccccc1F. The number of aryl methyl sites for hydroxylation is 1. The zero-order valence-electron chi connectivity index (χ0n) is 21.2. The number of hydrogen-bond acceptors (Lipinski definition) is 7. The number of sulfonamides is 1. The van der Waals surface area contributed by atoms with E-state index < -0.39 is 15.8 Å². The van der Waals surface area contributed by atoms with Crippen molar-refractivity contribution in [2.24, 2.45) is 0 Å². The largest absolute Gasteiger partial charge is 0.369 e. The quantitative estimate of drug-likeness (QED) is 0.291. The summed E-state index contributed by atoms with van der Waals surface area (Å²) in [6, 6.07) is 20.4. The Morgan fingerprint density at radius 1 is 0.949 bits per heavy atom. The van der Waals surface area contributed by atoms with Crippen molar-refractivity contribution in [2.45, 2.75) is 30.6 Å². The molecule has 0 saturated carbocycles. The second-order valence-corrected chi connectivity index (χ2v) is 11.0. The molecule has 0 fully saturated rings. The number of anilines is 3. The number of nitrogens with one attached hydrogen (secondary N) is 3. The molecular formula is C29H28FN5O3S. The van der Waals surface area contributed by atoms with Crippen LogP contribution in [0.2, 0.25) is 0 Å². The number of Topliss-reactive ketones (excluding diaryl/α,β-unsaturated/α-hetero) is 1. The van der Waals surface area contributed by atoms with E-state index in [9.17, 15) is 17.6 Å². The second kappa shape index (κ2) is 11.7. The summed E-state index contributed by atoms with van der Waals surface area (Å²) in [5.41, 5.74) is 3.36. The van der Waals surface area contributed by atoms with Crippen LogP contribution in [0.1, 0.15) is 35.2 Å².